The first kappa shape index (κ1) is 19.0. The number of hydrogen-bond acceptors (Lipinski definition) is 4. The van der Waals surface area contributed by atoms with Crippen LogP contribution in [0.25, 0.3) is 11.3 Å². The molecule has 1 atom stereocenters. The summed E-state index contributed by atoms with van der Waals surface area (Å²) < 4.78 is 7.62. The summed E-state index contributed by atoms with van der Waals surface area (Å²) in [5, 5.41) is 10.9. The van der Waals surface area contributed by atoms with Crippen molar-refractivity contribution in [3.63, 3.8) is 0 Å². The van der Waals surface area contributed by atoms with E-state index < -0.39 is 11.7 Å². The number of benzene rings is 1. The van der Waals surface area contributed by atoms with Gasteiger partial charge in [0.1, 0.15) is 5.60 Å². The van der Waals surface area contributed by atoms with E-state index in [4.69, 9.17) is 4.74 Å². The Labute approximate surface area is 166 Å². The molecule has 6 heteroatoms. The number of piperidine rings is 1. The summed E-state index contributed by atoms with van der Waals surface area (Å²) in [6.45, 7) is 7.74. The summed E-state index contributed by atoms with van der Waals surface area (Å²) in [6.07, 6.45) is 3.29. The SMILES string of the molecule is CC(C)(C)OC(=O)N1CCC(C(O)Cc2ncn3c2-c2ccccc2C3)CC1. The number of carbonyl (C=O) groups excluding carboxylic acids is 1. The minimum Gasteiger partial charge on any atom is -0.444 e. The van der Waals surface area contributed by atoms with Gasteiger partial charge in [0.15, 0.2) is 0 Å². The molecule has 2 aromatic rings. The van der Waals surface area contributed by atoms with Crippen molar-refractivity contribution >= 4 is 6.09 Å². The summed E-state index contributed by atoms with van der Waals surface area (Å²) in [7, 11) is 0. The van der Waals surface area contributed by atoms with Crippen molar-refractivity contribution in [2.75, 3.05) is 13.1 Å². The first-order valence-electron chi connectivity index (χ1n) is 10.1. The predicted molar refractivity (Wildman–Crippen MR) is 107 cm³/mol. The Bertz CT molecular complexity index is 860. The molecule has 0 spiro atoms. The quantitative estimate of drug-likeness (QED) is 0.752. The van der Waals surface area contributed by atoms with Gasteiger partial charge in [0, 0.05) is 31.6 Å². The number of fused-ring (bicyclic) bond motifs is 3. The zero-order valence-electron chi connectivity index (χ0n) is 16.9. The molecule has 2 aliphatic heterocycles. The number of likely N-dealkylation sites (tertiary alicyclic amines) is 1. The topological polar surface area (TPSA) is 67.6 Å². The van der Waals surface area contributed by atoms with Gasteiger partial charge in [-0.05, 0) is 45.1 Å². The smallest absolute Gasteiger partial charge is 0.410 e. The molecule has 150 valence electrons. The molecular formula is C22H29N3O3. The summed E-state index contributed by atoms with van der Waals surface area (Å²) in [4.78, 5) is 18.5. The molecule has 0 saturated carbocycles. The summed E-state index contributed by atoms with van der Waals surface area (Å²) in [5.74, 6) is 0.174. The number of rotatable bonds is 3. The zero-order valence-corrected chi connectivity index (χ0v) is 16.9. The molecule has 0 aliphatic carbocycles. The Balaban J connectivity index is 1.37. The monoisotopic (exact) mass is 383 g/mol. The van der Waals surface area contributed by atoms with Crippen molar-refractivity contribution < 1.29 is 14.6 Å². The highest BCUT2D eigenvalue weighted by molar-refractivity contribution is 5.70. The average Bonchev–Trinajstić information content (AvgIpc) is 3.20. The van der Waals surface area contributed by atoms with E-state index in [1.54, 1.807) is 4.90 Å². The number of amides is 1. The number of aromatic nitrogens is 2. The van der Waals surface area contributed by atoms with Gasteiger partial charge in [0.25, 0.3) is 0 Å². The van der Waals surface area contributed by atoms with E-state index in [2.05, 4.69) is 27.8 Å². The first-order chi connectivity index (χ1) is 13.3. The fourth-order valence-corrected chi connectivity index (χ4v) is 4.23. The van der Waals surface area contributed by atoms with Crippen LogP contribution in [0.15, 0.2) is 30.6 Å². The Morgan fingerprint density at radius 3 is 2.71 bits per heavy atom. The Kier molecular flexibility index (Phi) is 4.91. The van der Waals surface area contributed by atoms with E-state index in [0.29, 0.717) is 19.5 Å². The fraction of sp³-hybridized carbons (Fsp3) is 0.545. The van der Waals surface area contributed by atoms with Crippen LogP contribution < -0.4 is 0 Å². The molecule has 2 aliphatic rings. The zero-order chi connectivity index (χ0) is 19.9. The second-order valence-corrected chi connectivity index (χ2v) is 8.90. The number of hydrogen-bond donors (Lipinski definition) is 1. The lowest BCUT2D eigenvalue weighted by atomic mass is 9.88. The standard InChI is InChI=1S/C22H29N3O3/c1-22(2,3)28-21(27)24-10-8-15(9-11-24)19(26)12-18-20-17-7-5-4-6-16(17)13-25(20)14-23-18/h4-7,14-15,19,26H,8-13H2,1-3H3. The van der Waals surface area contributed by atoms with Crippen LogP contribution in [0.1, 0.15) is 44.9 Å². The normalized spacial score (nSPS) is 17.9. The molecule has 6 nitrogen and oxygen atoms in total. The molecule has 1 aromatic heterocycles. The fourth-order valence-electron chi connectivity index (χ4n) is 4.23. The van der Waals surface area contributed by atoms with Crippen molar-refractivity contribution in [2.45, 2.75) is 58.3 Å². The molecule has 1 unspecified atom stereocenters. The molecule has 4 rings (SSSR count). The molecule has 0 bridgehead atoms. The van der Waals surface area contributed by atoms with Gasteiger partial charge < -0.3 is 19.3 Å². The van der Waals surface area contributed by atoms with Crippen LogP contribution in [0.4, 0.5) is 4.79 Å². The number of aliphatic hydroxyl groups is 1. The molecular weight excluding hydrogens is 354 g/mol. The van der Waals surface area contributed by atoms with Gasteiger partial charge in [0.05, 0.1) is 23.8 Å². The average molecular weight is 383 g/mol. The lowest BCUT2D eigenvalue weighted by Crippen LogP contribution is -2.44. The molecule has 1 aromatic carbocycles. The Hall–Kier alpha value is -2.34. The largest absolute Gasteiger partial charge is 0.444 e. The van der Waals surface area contributed by atoms with Crippen LogP contribution in [-0.4, -0.2) is 50.4 Å². The summed E-state index contributed by atoms with van der Waals surface area (Å²) in [6, 6.07) is 8.39. The summed E-state index contributed by atoms with van der Waals surface area (Å²) >= 11 is 0. The van der Waals surface area contributed by atoms with Gasteiger partial charge in [-0.3, -0.25) is 0 Å². The third-order valence-electron chi connectivity index (χ3n) is 5.66. The maximum Gasteiger partial charge on any atom is 0.410 e. The first-order valence-corrected chi connectivity index (χ1v) is 10.1. The van der Waals surface area contributed by atoms with Crippen molar-refractivity contribution in [3.05, 3.63) is 41.9 Å². The third-order valence-corrected chi connectivity index (χ3v) is 5.66. The van der Waals surface area contributed by atoms with Gasteiger partial charge in [-0.15, -0.1) is 0 Å². The van der Waals surface area contributed by atoms with E-state index in [-0.39, 0.29) is 12.0 Å². The molecule has 1 fully saturated rings. The van der Waals surface area contributed by atoms with Crippen LogP contribution in [0.5, 0.6) is 0 Å². The second kappa shape index (κ2) is 7.24. The highest BCUT2D eigenvalue weighted by Crippen LogP contribution is 2.35. The number of carbonyl (C=O) groups is 1. The van der Waals surface area contributed by atoms with Crippen LogP contribution in [0.2, 0.25) is 0 Å². The Morgan fingerprint density at radius 1 is 1.29 bits per heavy atom. The van der Waals surface area contributed by atoms with Gasteiger partial charge >= 0.3 is 6.09 Å². The highest BCUT2D eigenvalue weighted by atomic mass is 16.6. The molecule has 0 radical (unpaired) electrons. The van der Waals surface area contributed by atoms with Crippen molar-refractivity contribution in [1.29, 1.82) is 0 Å². The minimum atomic E-state index is -0.481. The second-order valence-electron chi connectivity index (χ2n) is 8.90. The summed E-state index contributed by atoms with van der Waals surface area (Å²) in [5.41, 5.74) is 4.15. The number of imidazole rings is 1. The van der Waals surface area contributed by atoms with Crippen LogP contribution in [0.3, 0.4) is 0 Å². The third kappa shape index (κ3) is 3.78. The van der Waals surface area contributed by atoms with E-state index in [1.807, 2.05) is 33.2 Å². The van der Waals surface area contributed by atoms with Crippen molar-refractivity contribution in [1.82, 2.24) is 14.5 Å². The molecule has 1 amide bonds. The van der Waals surface area contributed by atoms with Crippen molar-refractivity contribution in [3.8, 4) is 11.3 Å². The van der Waals surface area contributed by atoms with Gasteiger partial charge in [-0.25, -0.2) is 9.78 Å². The minimum absolute atomic E-state index is 0.174. The molecule has 3 heterocycles. The van der Waals surface area contributed by atoms with Gasteiger partial charge in [-0.2, -0.15) is 0 Å². The molecule has 28 heavy (non-hydrogen) atoms. The predicted octanol–water partition coefficient (Wildman–Crippen LogP) is 3.46. The van der Waals surface area contributed by atoms with Crippen LogP contribution in [0, 0.1) is 5.92 Å². The van der Waals surface area contributed by atoms with Gasteiger partial charge in [-0.1, -0.05) is 24.3 Å². The van der Waals surface area contributed by atoms with Crippen LogP contribution >= 0.6 is 0 Å². The number of aliphatic hydroxyl groups excluding tert-OH is 1. The van der Waals surface area contributed by atoms with E-state index in [9.17, 15) is 9.90 Å². The van der Waals surface area contributed by atoms with E-state index in [0.717, 1.165) is 30.8 Å². The van der Waals surface area contributed by atoms with Crippen LogP contribution in [-0.2, 0) is 17.7 Å². The number of ether oxygens (including phenoxy) is 1. The lowest BCUT2D eigenvalue weighted by molar-refractivity contribution is 0.00792. The van der Waals surface area contributed by atoms with Crippen molar-refractivity contribution in [2.24, 2.45) is 5.92 Å². The van der Waals surface area contributed by atoms with E-state index in [1.165, 1.54) is 11.1 Å². The maximum atomic E-state index is 12.2. The number of nitrogens with zero attached hydrogens (tertiary/aromatic N) is 3. The highest BCUT2D eigenvalue weighted by Gasteiger charge is 2.31. The molecule has 1 N–H and O–H groups in total. The molecule has 1 saturated heterocycles. The maximum absolute atomic E-state index is 12.2. The van der Waals surface area contributed by atoms with E-state index >= 15 is 0 Å². The lowest BCUT2D eigenvalue weighted by Gasteiger charge is -2.35. The van der Waals surface area contributed by atoms with Gasteiger partial charge in [0.2, 0.25) is 0 Å². The Morgan fingerprint density at radius 2 is 2.00 bits per heavy atom.